The molecule has 2 aromatic heterocycles. The number of nitrogens with two attached hydrogens (primary N) is 1. The molecule has 5 atom stereocenters. The Hall–Kier alpha value is -1.78. The largest absolute Gasteiger partial charge is 0.695 e. The predicted molar refractivity (Wildman–Crippen MR) is 70.3 cm³/mol. The molecular weight excluding hydrogens is 320 g/mol. The monoisotopic (exact) mass is 332 g/mol. The van der Waals surface area contributed by atoms with Crippen molar-refractivity contribution in [2.24, 2.45) is 0 Å². The molecular formula is C10H12FN5O5P+. The second kappa shape index (κ2) is 5.78. The molecule has 1 aliphatic heterocycles. The van der Waals surface area contributed by atoms with E-state index in [1.165, 1.54) is 17.2 Å². The van der Waals surface area contributed by atoms with Crippen LogP contribution in [0.1, 0.15) is 6.23 Å². The van der Waals surface area contributed by atoms with Gasteiger partial charge in [0.1, 0.15) is 17.9 Å². The van der Waals surface area contributed by atoms with Crippen molar-refractivity contribution in [3.05, 3.63) is 12.7 Å². The summed E-state index contributed by atoms with van der Waals surface area (Å²) >= 11 is 0. The molecule has 10 nitrogen and oxygen atoms in total. The maximum absolute atomic E-state index is 14.5. The summed E-state index contributed by atoms with van der Waals surface area (Å²) in [5.41, 5.74) is 6.17. The predicted octanol–water partition coefficient (Wildman–Crippen LogP) is -0.329. The number of hydrogen-bond acceptors (Lipinski definition) is 8. The van der Waals surface area contributed by atoms with Crippen LogP contribution in [0.3, 0.4) is 0 Å². The number of imidazole rings is 1. The Balaban J connectivity index is 1.97. The van der Waals surface area contributed by atoms with E-state index in [9.17, 15) is 14.1 Å². The van der Waals surface area contributed by atoms with Crippen LogP contribution in [0.4, 0.5) is 10.2 Å². The second-order valence-corrected chi connectivity index (χ2v) is 5.27. The highest BCUT2D eigenvalue weighted by atomic mass is 31.1. The number of fused-ring (bicyclic) bond motifs is 1. The number of rotatable bonds is 4. The SMILES string of the molecule is Nc1ncnc2c1ncn2[C@@H]1O[C@H](CO)[C@@H](O[P+](=O)O)[C@H]1F. The Kier molecular flexibility index (Phi) is 3.98. The van der Waals surface area contributed by atoms with E-state index in [2.05, 4.69) is 19.5 Å². The van der Waals surface area contributed by atoms with Crippen LogP contribution in [0.15, 0.2) is 12.7 Å². The van der Waals surface area contributed by atoms with Gasteiger partial charge in [-0.05, 0) is 0 Å². The van der Waals surface area contributed by atoms with Crippen molar-refractivity contribution in [3.8, 4) is 0 Å². The lowest BCUT2D eigenvalue weighted by Gasteiger charge is -2.14. The Morgan fingerprint density at radius 1 is 1.50 bits per heavy atom. The van der Waals surface area contributed by atoms with Gasteiger partial charge in [-0.25, -0.2) is 19.3 Å². The fraction of sp³-hybridized carbons (Fsp3) is 0.500. The molecule has 4 N–H and O–H groups in total. The van der Waals surface area contributed by atoms with E-state index in [1.807, 2.05) is 0 Å². The maximum Gasteiger partial charge on any atom is 0.695 e. The van der Waals surface area contributed by atoms with Crippen molar-refractivity contribution in [2.75, 3.05) is 12.3 Å². The first-order valence-corrected chi connectivity index (χ1v) is 7.32. The summed E-state index contributed by atoms with van der Waals surface area (Å²) in [7, 11) is -3.04. The summed E-state index contributed by atoms with van der Waals surface area (Å²) in [6.45, 7) is -0.575. The van der Waals surface area contributed by atoms with Gasteiger partial charge >= 0.3 is 8.25 Å². The Labute approximate surface area is 123 Å². The van der Waals surface area contributed by atoms with Gasteiger partial charge in [-0.3, -0.25) is 4.57 Å². The molecule has 1 saturated heterocycles. The number of aromatic nitrogens is 4. The molecule has 1 fully saturated rings. The van der Waals surface area contributed by atoms with Gasteiger partial charge in [-0.2, -0.15) is 0 Å². The van der Waals surface area contributed by atoms with Gasteiger partial charge < -0.3 is 15.6 Å². The summed E-state index contributed by atoms with van der Waals surface area (Å²) < 4.78 is 36.5. The zero-order valence-corrected chi connectivity index (χ0v) is 11.9. The smallest absolute Gasteiger partial charge is 0.394 e. The number of ether oxygens (including phenoxy) is 1. The van der Waals surface area contributed by atoms with Crippen LogP contribution < -0.4 is 5.73 Å². The minimum atomic E-state index is -3.04. The molecule has 0 radical (unpaired) electrons. The Morgan fingerprint density at radius 3 is 2.95 bits per heavy atom. The van der Waals surface area contributed by atoms with Crippen LogP contribution in [0, 0.1) is 0 Å². The molecule has 118 valence electrons. The molecule has 0 aliphatic carbocycles. The Bertz CT molecular complexity index is 714. The van der Waals surface area contributed by atoms with E-state index in [1.54, 1.807) is 0 Å². The molecule has 2 aromatic rings. The van der Waals surface area contributed by atoms with Crippen molar-refractivity contribution in [2.45, 2.75) is 24.6 Å². The van der Waals surface area contributed by atoms with Crippen LogP contribution in [-0.4, -0.2) is 54.5 Å². The molecule has 0 aromatic carbocycles. The van der Waals surface area contributed by atoms with Gasteiger partial charge in [0.25, 0.3) is 0 Å². The average Bonchev–Trinajstić information content (AvgIpc) is 3.02. The average molecular weight is 332 g/mol. The molecule has 1 aliphatic rings. The lowest BCUT2D eigenvalue weighted by atomic mass is 10.1. The van der Waals surface area contributed by atoms with E-state index >= 15 is 0 Å². The fourth-order valence-electron chi connectivity index (χ4n) is 2.35. The standard InChI is InChI=1S/C10H11FN5O5P/c11-5-7(21-22(18)19)4(1-17)20-10(5)16-3-15-6-8(12)13-2-14-9(6)16/h2-5,7,10,17H,1H2,(H2-,12,13,14,18,19)/p+1/t4-,5-,7-,10-/m1/s1. The summed E-state index contributed by atoms with van der Waals surface area (Å²) in [6, 6.07) is 0. The van der Waals surface area contributed by atoms with Crippen LogP contribution in [0.2, 0.25) is 0 Å². The van der Waals surface area contributed by atoms with Crippen LogP contribution in [-0.2, 0) is 13.8 Å². The zero-order valence-electron chi connectivity index (χ0n) is 11.0. The summed E-state index contributed by atoms with van der Waals surface area (Å²) in [4.78, 5) is 20.5. The lowest BCUT2D eigenvalue weighted by molar-refractivity contribution is -0.0436. The highest BCUT2D eigenvalue weighted by molar-refractivity contribution is 7.32. The third-order valence-electron chi connectivity index (χ3n) is 3.32. The first kappa shape index (κ1) is 15.1. The number of hydrogen-bond donors (Lipinski definition) is 3. The minimum Gasteiger partial charge on any atom is -0.394 e. The van der Waals surface area contributed by atoms with Gasteiger partial charge in [-0.15, -0.1) is 9.42 Å². The van der Waals surface area contributed by atoms with Crippen molar-refractivity contribution in [1.82, 2.24) is 19.5 Å². The number of anilines is 1. The van der Waals surface area contributed by atoms with Gasteiger partial charge in [-0.1, -0.05) is 0 Å². The van der Waals surface area contributed by atoms with Crippen LogP contribution >= 0.6 is 8.25 Å². The molecule has 1 unspecified atom stereocenters. The van der Waals surface area contributed by atoms with E-state index in [0.29, 0.717) is 0 Å². The first-order chi connectivity index (χ1) is 10.5. The number of aliphatic hydroxyl groups is 1. The molecule has 3 rings (SSSR count). The summed E-state index contributed by atoms with van der Waals surface area (Å²) in [5.74, 6) is 0.127. The van der Waals surface area contributed by atoms with Gasteiger partial charge in [0.2, 0.25) is 0 Å². The van der Waals surface area contributed by atoms with Gasteiger partial charge in [0.05, 0.1) is 12.9 Å². The molecule has 0 saturated carbocycles. The number of nitrogens with zero attached hydrogens (tertiary/aromatic N) is 4. The number of aliphatic hydroxyl groups excluding tert-OH is 1. The van der Waals surface area contributed by atoms with E-state index in [0.717, 1.165) is 0 Å². The van der Waals surface area contributed by atoms with E-state index in [-0.39, 0.29) is 17.0 Å². The topological polar surface area (TPSA) is 146 Å². The van der Waals surface area contributed by atoms with Crippen molar-refractivity contribution in [3.63, 3.8) is 0 Å². The molecule has 22 heavy (non-hydrogen) atoms. The van der Waals surface area contributed by atoms with E-state index < -0.39 is 39.5 Å². The quantitative estimate of drug-likeness (QED) is 0.640. The van der Waals surface area contributed by atoms with Gasteiger partial charge in [0.15, 0.2) is 30.0 Å². The van der Waals surface area contributed by atoms with Gasteiger partial charge in [0, 0.05) is 4.57 Å². The zero-order chi connectivity index (χ0) is 15.9. The van der Waals surface area contributed by atoms with Crippen LogP contribution in [0.5, 0.6) is 0 Å². The number of halogens is 1. The summed E-state index contributed by atoms with van der Waals surface area (Å²) in [5, 5.41) is 9.22. The van der Waals surface area contributed by atoms with Crippen molar-refractivity contribution < 1.29 is 28.2 Å². The highest BCUT2D eigenvalue weighted by Crippen LogP contribution is 2.38. The summed E-state index contributed by atoms with van der Waals surface area (Å²) in [6.07, 6.45) is -3.06. The normalized spacial score (nSPS) is 29.1. The van der Waals surface area contributed by atoms with Crippen LogP contribution in [0.25, 0.3) is 11.2 Å². The number of nitrogen functional groups attached to an aromatic ring is 1. The fourth-order valence-corrected chi connectivity index (χ4v) is 2.81. The second-order valence-electron chi connectivity index (χ2n) is 4.58. The van der Waals surface area contributed by atoms with Crippen molar-refractivity contribution in [1.29, 1.82) is 0 Å². The molecule has 12 heteroatoms. The molecule has 3 heterocycles. The van der Waals surface area contributed by atoms with E-state index in [4.69, 9.17) is 15.4 Å². The third-order valence-corrected chi connectivity index (χ3v) is 3.74. The minimum absolute atomic E-state index is 0.127. The van der Waals surface area contributed by atoms with Crippen molar-refractivity contribution >= 4 is 25.2 Å². The first-order valence-electron chi connectivity index (χ1n) is 6.19. The molecule has 0 spiro atoms. The molecule has 0 amide bonds. The Morgan fingerprint density at radius 2 is 2.27 bits per heavy atom. The molecule has 0 bridgehead atoms. The third kappa shape index (κ3) is 2.42. The lowest BCUT2D eigenvalue weighted by Crippen LogP contribution is -2.32. The highest BCUT2D eigenvalue weighted by Gasteiger charge is 2.51. The number of alkyl halides is 1. The maximum atomic E-state index is 14.5.